The number of hydrogen-bond donors (Lipinski definition) is 2. The lowest BCUT2D eigenvalue weighted by Crippen LogP contribution is -2.55. The van der Waals surface area contributed by atoms with Crippen molar-refractivity contribution < 1.29 is 29.0 Å². The van der Waals surface area contributed by atoms with Crippen LogP contribution in [0.4, 0.5) is 0 Å². The van der Waals surface area contributed by atoms with Gasteiger partial charge in [-0.15, -0.1) is 0 Å². The van der Waals surface area contributed by atoms with E-state index >= 15 is 0 Å². The van der Waals surface area contributed by atoms with Gasteiger partial charge in [-0.3, -0.25) is 14.9 Å². The van der Waals surface area contributed by atoms with Gasteiger partial charge in [-0.1, -0.05) is 30.3 Å². The molecule has 0 aliphatic carbocycles. The van der Waals surface area contributed by atoms with E-state index < -0.39 is 30.1 Å². The lowest BCUT2D eigenvalue weighted by atomic mass is 10.0. The normalized spacial score (nSPS) is 19.6. The molecule has 0 aromatic heterocycles. The van der Waals surface area contributed by atoms with Gasteiger partial charge in [-0.05, 0) is 51.5 Å². The molecule has 2 unspecified atom stereocenters. The van der Waals surface area contributed by atoms with E-state index in [1.807, 2.05) is 30.3 Å². The zero-order chi connectivity index (χ0) is 23.3. The molecule has 2 N–H and O–H groups in total. The van der Waals surface area contributed by atoms with Gasteiger partial charge in [0.2, 0.25) is 5.91 Å². The molecule has 1 fully saturated rings. The van der Waals surface area contributed by atoms with Crippen molar-refractivity contribution in [2.75, 3.05) is 26.4 Å². The second-order valence-corrected chi connectivity index (χ2v) is 8.06. The van der Waals surface area contributed by atoms with Gasteiger partial charge in [-0.25, -0.2) is 4.79 Å². The minimum Gasteiger partial charge on any atom is -0.480 e. The standard InChI is InChI=1S/C24H36N2O6/c1-3-32-24(30)20(13-12-19-10-6-4-7-11-19)25-18(2)22(27)26-15-8-5-9-16-31-17-14-21(26)23(28)29/h4,6-7,10-11,18,20-21,25H,3,5,8-9,12-17H2,1-2H3,(H,28,29)/t18-,20?,21?/m0/s1. The van der Waals surface area contributed by atoms with Gasteiger partial charge in [0.25, 0.3) is 0 Å². The molecule has 1 aromatic carbocycles. The average molecular weight is 449 g/mol. The molecule has 2 rings (SSSR count). The molecule has 32 heavy (non-hydrogen) atoms. The third-order valence-corrected chi connectivity index (χ3v) is 5.62. The Morgan fingerprint density at radius 1 is 1.19 bits per heavy atom. The SMILES string of the molecule is CCOC(=O)C(CCc1ccccc1)N[C@@H](C)C(=O)N1CCCCCOCCC1C(=O)O. The van der Waals surface area contributed by atoms with E-state index in [1.165, 1.54) is 4.90 Å². The molecule has 1 aliphatic heterocycles. The lowest BCUT2D eigenvalue weighted by Gasteiger charge is -2.33. The number of amides is 1. The van der Waals surface area contributed by atoms with E-state index in [4.69, 9.17) is 9.47 Å². The van der Waals surface area contributed by atoms with E-state index in [0.29, 0.717) is 39.0 Å². The molecule has 0 spiro atoms. The third-order valence-electron chi connectivity index (χ3n) is 5.62. The monoisotopic (exact) mass is 448 g/mol. The van der Waals surface area contributed by atoms with E-state index in [-0.39, 0.29) is 18.9 Å². The zero-order valence-corrected chi connectivity index (χ0v) is 19.1. The number of carboxylic acids is 1. The molecule has 8 nitrogen and oxygen atoms in total. The summed E-state index contributed by atoms with van der Waals surface area (Å²) >= 11 is 0. The number of aliphatic carboxylic acids is 1. The van der Waals surface area contributed by atoms with Crippen LogP contribution in [0, 0.1) is 0 Å². The fourth-order valence-electron chi connectivity index (χ4n) is 3.88. The van der Waals surface area contributed by atoms with Crippen molar-refractivity contribution >= 4 is 17.8 Å². The van der Waals surface area contributed by atoms with Crippen LogP contribution in [0.5, 0.6) is 0 Å². The topological polar surface area (TPSA) is 105 Å². The number of nitrogens with zero attached hydrogens (tertiary/aromatic N) is 1. The predicted molar refractivity (Wildman–Crippen MR) is 120 cm³/mol. The second-order valence-electron chi connectivity index (χ2n) is 8.06. The number of benzene rings is 1. The Kier molecular flexibility index (Phi) is 11.2. The maximum atomic E-state index is 13.3. The first-order valence-electron chi connectivity index (χ1n) is 11.5. The van der Waals surface area contributed by atoms with Crippen LogP contribution in [0.3, 0.4) is 0 Å². The van der Waals surface area contributed by atoms with Crippen LogP contribution >= 0.6 is 0 Å². The summed E-state index contributed by atoms with van der Waals surface area (Å²) in [6.07, 6.45) is 3.82. The lowest BCUT2D eigenvalue weighted by molar-refractivity contribution is -0.153. The molecule has 0 bridgehead atoms. The maximum absolute atomic E-state index is 13.3. The minimum atomic E-state index is -1.04. The van der Waals surface area contributed by atoms with E-state index in [9.17, 15) is 19.5 Å². The van der Waals surface area contributed by atoms with Crippen molar-refractivity contribution in [1.29, 1.82) is 0 Å². The highest BCUT2D eigenvalue weighted by Crippen LogP contribution is 2.14. The van der Waals surface area contributed by atoms with Gasteiger partial charge in [-0.2, -0.15) is 0 Å². The van der Waals surface area contributed by atoms with Crippen molar-refractivity contribution in [1.82, 2.24) is 10.2 Å². The quantitative estimate of drug-likeness (QED) is 0.559. The zero-order valence-electron chi connectivity index (χ0n) is 19.1. The smallest absolute Gasteiger partial charge is 0.326 e. The highest BCUT2D eigenvalue weighted by Gasteiger charge is 2.33. The van der Waals surface area contributed by atoms with Gasteiger partial charge in [0, 0.05) is 26.2 Å². The third kappa shape index (κ3) is 8.24. The Labute approximate surface area is 190 Å². The van der Waals surface area contributed by atoms with E-state index in [0.717, 1.165) is 18.4 Å². The molecule has 1 aliphatic rings. The number of carboxylic acid groups (broad SMARTS) is 1. The molecular weight excluding hydrogens is 412 g/mol. The highest BCUT2D eigenvalue weighted by atomic mass is 16.5. The van der Waals surface area contributed by atoms with Gasteiger partial charge < -0.3 is 19.5 Å². The highest BCUT2D eigenvalue weighted by molar-refractivity contribution is 5.87. The minimum absolute atomic E-state index is 0.239. The number of ether oxygens (including phenoxy) is 2. The van der Waals surface area contributed by atoms with Crippen LogP contribution in [0.1, 0.15) is 51.5 Å². The Morgan fingerprint density at radius 2 is 1.94 bits per heavy atom. The number of hydrogen-bond acceptors (Lipinski definition) is 6. The Balaban J connectivity index is 2.09. The molecule has 0 radical (unpaired) electrons. The first-order chi connectivity index (χ1) is 15.4. The summed E-state index contributed by atoms with van der Waals surface area (Å²) in [6, 6.07) is 7.45. The molecule has 3 atom stereocenters. The first kappa shape index (κ1) is 25.8. The van der Waals surface area contributed by atoms with Gasteiger partial charge >= 0.3 is 11.9 Å². The van der Waals surface area contributed by atoms with E-state index in [1.54, 1.807) is 13.8 Å². The van der Waals surface area contributed by atoms with Crippen molar-refractivity contribution in [3.05, 3.63) is 35.9 Å². The van der Waals surface area contributed by atoms with Gasteiger partial charge in [0.05, 0.1) is 12.6 Å². The molecule has 1 heterocycles. The van der Waals surface area contributed by atoms with Crippen molar-refractivity contribution in [3.63, 3.8) is 0 Å². The maximum Gasteiger partial charge on any atom is 0.326 e. The molecule has 8 heteroatoms. The molecular formula is C24H36N2O6. The Morgan fingerprint density at radius 3 is 2.62 bits per heavy atom. The number of carbonyl (C=O) groups excluding carboxylic acids is 2. The Hall–Kier alpha value is -2.45. The largest absolute Gasteiger partial charge is 0.480 e. The summed E-state index contributed by atoms with van der Waals surface area (Å²) in [6.45, 7) is 4.94. The summed E-state index contributed by atoms with van der Waals surface area (Å²) in [5.74, 6) is -1.78. The summed E-state index contributed by atoms with van der Waals surface area (Å²) in [5.41, 5.74) is 1.09. The molecule has 0 saturated carbocycles. The van der Waals surface area contributed by atoms with Crippen molar-refractivity contribution in [2.24, 2.45) is 0 Å². The summed E-state index contributed by atoms with van der Waals surface area (Å²) < 4.78 is 10.7. The second kappa shape index (κ2) is 13.9. The number of esters is 1. The fraction of sp³-hybridized carbons (Fsp3) is 0.625. The number of aryl methyl sites for hydroxylation is 1. The van der Waals surface area contributed by atoms with Crippen LogP contribution in [0.25, 0.3) is 0 Å². The Bertz CT molecular complexity index is 726. The van der Waals surface area contributed by atoms with Gasteiger partial charge in [0.1, 0.15) is 12.1 Å². The number of carbonyl (C=O) groups is 3. The van der Waals surface area contributed by atoms with Crippen LogP contribution in [0.2, 0.25) is 0 Å². The number of rotatable bonds is 9. The van der Waals surface area contributed by atoms with Gasteiger partial charge in [0.15, 0.2) is 0 Å². The average Bonchev–Trinajstić information content (AvgIpc) is 2.79. The number of nitrogens with one attached hydrogen (secondary N) is 1. The predicted octanol–water partition coefficient (Wildman–Crippen LogP) is 2.40. The summed E-state index contributed by atoms with van der Waals surface area (Å²) in [5, 5.41) is 12.8. The molecule has 1 amide bonds. The van der Waals surface area contributed by atoms with Crippen LogP contribution < -0.4 is 5.32 Å². The molecule has 178 valence electrons. The van der Waals surface area contributed by atoms with E-state index in [2.05, 4.69) is 5.32 Å². The van der Waals surface area contributed by atoms with Crippen molar-refractivity contribution in [3.8, 4) is 0 Å². The fourth-order valence-corrected chi connectivity index (χ4v) is 3.88. The van der Waals surface area contributed by atoms with Crippen LogP contribution in [-0.2, 0) is 30.3 Å². The van der Waals surface area contributed by atoms with Crippen LogP contribution in [0.15, 0.2) is 30.3 Å². The summed E-state index contributed by atoms with van der Waals surface area (Å²) in [4.78, 5) is 39.1. The van der Waals surface area contributed by atoms with Crippen LogP contribution in [-0.4, -0.2) is 72.3 Å². The van der Waals surface area contributed by atoms with Crippen molar-refractivity contribution in [2.45, 2.75) is 70.5 Å². The molecule has 1 saturated heterocycles. The molecule has 1 aromatic rings. The first-order valence-corrected chi connectivity index (χ1v) is 11.5. The summed E-state index contributed by atoms with van der Waals surface area (Å²) in [7, 11) is 0.